The van der Waals surface area contributed by atoms with Crippen molar-refractivity contribution in [3.05, 3.63) is 139 Å². The number of amides is 2. The van der Waals surface area contributed by atoms with Crippen molar-refractivity contribution in [2.45, 2.75) is 143 Å². The highest BCUT2D eigenvalue weighted by Gasteiger charge is 2.42. The van der Waals surface area contributed by atoms with E-state index in [0.717, 1.165) is 47.2 Å². The minimum absolute atomic E-state index is 0.0444. The Morgan fingerprint density at radius 1 is 0.703 bits per heavy atom. The van der Waals surface area contributed by atoms with Gasteiger partial charge in [-0.25, -0.2) is 18.5 Å². The Labute approximate surface area is 452 Å². The molecule has 5 aromatic rings. The van der Waals surface area contributed by atoms with E-state index in [4.69, 9.17) is 49.9 Å². The van der Waals surface area contributed by atoms with Crippen LogP contribution in [0.5, 0.6) is 0 Å². The molecule has 0 aliphatic carbocycles. The third-order valence-corrected chi connectivity index (χ3v) is 24.6. The molecule has 1 aromatic heterocycles. The number of rotatable bonds is 14. The summed E-state index contributed by atoms with van der Waals surface area (Å²) < 4.78 is 44.6. The van der Waals surface area contributed by atoms with E-state index in [0.29, 0.717) is 37.7 Å². The van der Waals surface area contributed by atoms with E-state index in [1.807, 2.05) is 19.9 Å². The van der Waals surface area contributed by atoms with E-state index < -0.39 is 46.4 Å². The second-order valence-electron chi connectivity index (χ2n) is 21.0. The number of nitrogens with one attached hydrogen (secondary N) is 4. The number of aromatic nitrogens is 2. The Morgan fingerprint density at radius 2 is 1.16 bits per heavy atom. The third-order valence-electron chi connectivity index (χ3n) is 13.4. The molecular formula is C54H70Cl2F2N8O5SSi2. The van der Waals surface area contributed by atoms with Crippen LogP contribution in [0.3, 0.4) is 0 Å². The fraction of sp³-hybridized carbons (Fsp3) is 0.444. The Balaban J connectivity index is 0.000000292. The maximum atomic E-state index is 13.4. The topological polar surface area (TPSA) is 144 Å². The first-order chi connectivity index (χ1) is 34.5. The van der Waals surface area contributed by atoms with Gasteiger partial charge >= 0.3 is 0 Å². The molecule has 1 aliphatic heterocycles. The highest BCUT2D eigenvalue weighted by molar-refractivity contribution is 7.14. The number of ether oxygens (including phenoxy) is 1. The molecule has 4 atom stereocenters. The van der Waals surface area contributed by atoms with Crippen molar-refractivity contribution in [3.63, 3.8) is 0 Å². The van der Waals surface area contributed by atoms with E-state index in [9.17, 15) is 18.4 Å². The van der Waals surface area contributed by atoms with Crippen molar-refractivity contribution in [1.29, 1.82) is 0 Å². The van der Waals surface area contributed by atoms with E-state index in [1.54, 1.807) is 44.2 Å². The molecule has 2 amide bonds. The van der Waals surface area contributed by atoms with Gasteiger partial charge in [0.05, 0.1) is 35.4 Å². The molecule has 0 saturated carbocycles. The predicted octanol–water partition coefficient (Wildman–Crippen LogP) is 15.2. The van der Waals surface area contributed by atoms with Crippen LogP contribution in [0.2, 0.25) is 46.3 Å². The van der Waals surface area contributed by atoms with Crippen LogP contribution in [0.15, 0.2) is 72.8 Å². The summed E-state index contributed by atoms with van der Waals surface area (Å²) in [5.74, 6) is -1.88. The van der Waals surface area contributed by atoms with Gasteiger partial charge in [0.1, 0.15) is 33.7 Å². The molecular weight excluding hydrogens is 1040 g/mol. The fourth-order valence-corrected chi connectivity index (χ4v) is 11.1. The highest BCUT2D eigenvalue weighted by Crippen LogP contribution is 2.42. The van der Waals surface area contributed by atoms with Crippen molar-refractivity contribution in [3.8, 4) is 10.6 Å². The van der Waals surface area contributed by atoms with Gasteiger partial charge in [0.25, 0.3) is 11.8 Å². The number of hydrogen-bond acceptors (Lipinski definition) is 10. The van der Waals surface area contributed by atoms with Gasteiger partial charge in [-0.15, -0.1) is 10.2 Å². The van der Waals surface area contributed by atoms with Crippen LogP contribution in [-0.2, 0) is 18.4 Å². The average Bonchev–Trinajstić information content (AvgIpc) is 4.09. The molecule has 1 aliphatic rings. The van der Waals surface area contributed by atoms with Crippen LogP contribution >= 0.6 is 34.5 Å². The van der Waals surface area contributed by atoms with Crippen LogP contribution in [0.1, 0.15) is 101 Å². The van der Waals surface area contributed by atoms with E-state index >= 15 is 0 Å². The van der Waals surface area contributed by atoms with Gasteiger partial charge in [-0.2, -0.15) is 0 Å². The molecule has 74 heavy (non-hydrogen) atoms. The SMILES string of the molecule is C1CCOC1.[C-]#[N+]c1ccc(N[C@@H](C(=O)NNC(=O)c2ccc(F)cc2)[C@@H](C)O[Si](C)(C)C(C)(C)C)c(C)c1Cl.[C-]#[N+]c1ccc(N[C@@H](c2nnc(-c3ccc(F)cc3)s2)[C@@H](C)O[Si](C)(C)C(C)(C)C)c(C)c1Cl. The molecule has 1 fully saturated rings. The second-order valence-corrected chi connectivity index (χ2v) is 32.3. The van der Waals surface area contributed by atoms with E-state index in [2.05, 4.69) is 109 Å². The summed E-state index contributed by atoms with van der Waals surface area (Å²) >= 11 is 14.2. The summed E-state index contributed by atoms with van der Waals surface area (Å²) in [4.78, 5) is 32.5. The number of hydrogen-bond donors (Lipinski definition) is 4. The summed E-state index contributed by atoms with van der Waals surface area (Å²) in [7, 11) is -4.32. The summed E-state index contributed by atoms with van der Waals surface area (Å²) in [5.41, 5.74) is 9.33. The molecule has 0 unspecified atom stereocenters. The molecule has 2 heterocycles. The summed E-state index contributed by atoms with van der Waals surface area (Å²) in [6, 6.07) is 16.8. The molecule has 13 nitrogen and oxygen atoms in total. The van der Waals surface area contributed by atoms with Crippen LogP contribution in [0.25, 0.3) is 20.3 Å². The fourth-order valence-electron chi connectivity index (χ4n) is 6.81. The lowest BCUT2D eigenvalue weighted by atomic mass is 10.1. The molecule has 20 heteroatoms. The zero-order valence-corrected chi connectivity index (χ0v) is 49.1. The van der Waals surface area contributed by atoms with E-state index in [1.165, 1.54) is 48.4 Å². The average molecular weight is 1110 g/mol. The first-order valence-corrected chi connectivity index (χ1v) is 31.7. The Kier molecular flexibility index (Phi) is 21.9. The molecule has 0 spiro atoms. The predicted molar refractivity (Wildman–Crippen MR) is 302 cm³/mol. The molecule has 1 saturated heterocycles. The number of anilines is 2. The second kappa shape index (κ2) is 26.5. The summed E-state index contributed by atoms with van der Waals surface area (Å²) in [6.07, 6.45) is 1.77. The van der Waals surface area contributed by atoms with Crippen molar-refractivity contribution in [2.24, 2.45) is 0 Å². The Morgan fingerprint density at radius 3 is 1.61 bits per heavy atom. The lowest BCUT2D eigenvalue weighted by Gasteiger charge is -2.40. The standard InChI is InChI=1S/C25H32ClFN4O3Si.C25H30ClFN4OSSi.C4H8O/c1-15-19(13-14-20(28-6)21(15)26)29-22(16(2)34-35(7,8)25(3,4)5)24(33)31-30-23(32)17-9-11-18(27)12-10-17;1-15-19(13-14-20(28-6)21(15)26)29-22(16(2)32-34(7,8)25(3,4)5)24-31-30-23(33-24)17-9-11-18(27)12-10-17;1-2-4-5-3-1/h9-14,16,22,29H,1-5,7-8H3,(H,30,32)(H,31,33);9-14,16,22,29H,1-5,7-8H3;1-4H2/t2*16-,22-;/m11./s1. The molecule has 0 radical (unpaired) electrons. The third kappa shape index (κ3) is 16.6. The van der Waals surface area contributed by atoms with Crippen LogP contribution in [0.4, 0.5) is 31.5 Å². The van der Waals surface area contributed by atoms with Crippen molar-refractivity contribution < 1.29 is 32.0 Å². The number of carbonyl (C=O) groups is 2. The molecule has 4 N–H and O–H groups in total. The number of benzene rings is 4. The minimum atomic E-state index is -2.24. The summed E-state index contributed by atoms with van der Waals surface area (Å²) in [6.45, 7) is 45.6. The Hall–Kier alpha value is -5.29. The van der Waals surface area contributed by atoms with Gasteiger partial charge in [0.2, 0.25) is 11.4 Å². The zero-order valence-electron chi connectivity index (χ0n) is 44.8. The van der Waals surface area contributed by atoms with Gasteiger partial charge in [0.15, 0.2) is 16.6 Å². The normalized spacial score (nSPS) is 14.3. The molecule has 398 valence electrons. The van der Waals surface area contributed by atoms with Crippen LogP contribution in [0, 0.1) is 38.6 Å². The summed E-state index contributed by atoms with van der Waals surface area (Å²) in [5, 5.41) is 17.7. The van der Waals surface area contributed by atoms with Crippen LogP contribution < -0.4 is 21.5 Å². The van der Waals surface area contributed by atoms with Gasteiger partial charge in [-0.3, -0.25) is 20.4 Å². The smallest absolute Gasteiger partial charge is 0.269 e. The lowest BCUT2D eigenvalue weighted by molar-refractivity contribution is -0.124. The largest absolute Gasteiger partial charge is 0.412 e. The first-order valence-electron chi connectivity index (χ1n) is 24.3. The van der Waals surface area contributed by atoms with Crippen molar-refractivity contribution in [1.82, 2.24) is 21.0 Å². The first kappa shape index (κ1) is 61.3. The van der Waals surface area contributed by atoms with Gasteiger partial charge in [0, 0.05) is 35.7 Å². The molecule has 4 aromatic carbocycles. The van der Waals surface area contributed by atoms with Crippen LogP contribution in [-0.4, -0.2) is 70.1 Å². The van der Waals surface area contributed by atoms with Crippen molar-refractivity contribution in [2.75, 3.05) is 23.8 Å². The number of nitrogens with zero attached hydrogens (tertiary/aromatic N) is 4. The minimum Gasteiger partial charge on any atom is -0.412 e. The van der Waals surface area contributed by atoms with Crippen molar-refractivity contribution >= 4 is 85.7 Å². The number of carbonyl (C=O) groups excluding carboxylic acids is 2. The lowest BCUT2D eigenvalue weighted by Crippen LogP contribution is -2.55. The maximum absolute atomic E-state index is 13.4. The molecule has 6 rings (SSSR count). The Bertz CT molecular complexity index is 2780. The van der Waals surface area contributed by atoms with E-state index in [-0.39, 0.29) is 33.6 Å². The molecule has 0 bridgehead atoms. The monoisotopic (exact) mass is 1110 g/mol. The zero-order chi connectivity index (χ0) is 55.3. The van der Waals surface area contributed by atoms with Gasteiger partial charge in [-0.1, -0.05) is 88.2 Å². The highest BCUT2D eigenvalue weighted by atomic mass is 35.5. The van der Waals surface area contributed by atoms with Gasteiger partial charge < -0.3 is 24.2 Å². The quantitative estimate of drug-likeness (QED) is 0.0485. The number of hydrazine groups is 1. The number of halogens is 4. The van der Waals surface area contributed by atoms with Gasteiger partial charge in [-0.05, 0) is 149 Å². The maximum Gasteiger partial charge on any atom is 0.269 e.